The molecule has 2 nitrogen and oxygen atoms in total. The SMILES string of the molecule is CC1CCC1C(N)(N)C1CC1. The molecule has 0 saturated heterocycles. The zero-order chi connectivity index (χ0) is 8.06. The summed E-state index contributed by atoms with van der Waals surface area (Å²) in [4.78, 5) is 0. The van der Waals surface area contributed by atoms with Crippen molar-refractivity contribution < 1.29 is 0 Å². The smallest absolute Gasteiger partial charge is 0.0697 e. The van der Waals surface area contributed by atoms with Gasteiger partial charge >= 0.3 is 0 Å². The van der Waals surface area contributed by atoms with Crippen LogP contribution in [0.5, 0.6) is 0 Å². The standard InChI is InChI=1S/C9H18N2/c1-6-2-5-8(6)9(10,11)7-3-4-7/h6-8H,2-5,10-11H2,1H3. The summed E-state index contributed by atoms with van der Waals surface area (Å²) in [5.41, 5.74) is 11.9. The first-order valence-corrected chi connectivity index (χ1v) is 4.70. The fourth-order valence-corrected chi connectivity index (χ4v) is 2.30. The van der Waals surface area contributed by atoms with E-state index in [1.807, 2.05) is 0 Å². The van der Waals surface area contributed by atoms with E-state index in [4.69, 9.17) is 11.5 Å². The van der Waals surface area contributed by atoms with E-state index in [2.05, 4.69) is 6.92 Å². The van der Waals surface area contributed by atoms with E-state index in [0.717, 1.165) is 5.92 Å². The van der Waals surface area contributed by atoms with Crippen LogP contribution in [-0.2, 0) is 0 Å². The fraction of sp³-hybridized carbons (Fsp3) is 1.00. The molecule has 0 aromatic heterocycles. The number of nitrogens with two attached hydrogens (primary N) is 2. The number of hydrogen-bond acceptors (Lipinski definition) is 2. The van der Waals surface area contributed by atoms with Crippen molar-refractivity contribution in [2.45, 2.75) is 38.3 Å². The number of hydrogen-bond donors (Lipinski definition) is 2. The Morgan fingerprint density at radius 2 is 1.73 bits per heavy atom. The van der Waals surface area contributed by atoms with Crippen LogP contribution in [0.4, 0.5) is 0 Å². The van der Waals surface area contributed by atoms with Crippen molar-refractivity contribution in [1.82, 2.24) is 0 Å². The van der Waals surface area contributed by atoms with Gasteiger partial charge in [-0.25, -0.2) is 0 Å². The van der Waals surface area contributed by atoms with Gasteiger partial charge in [0.05, 0.1) is 5.66 Å². The minimum absolute atomic E-state index is 0.322. The Morgan fingerprint density at radius 1 is 1.09 bits per heavy atom. The highest BCUT2D eigenvalue weighted by Crippen LogP contribution is 2.48. The van der Waals surface area contributed by atoms with Crippen LogP contribution in [0.1, 0.15) is 32.6 Å². The van der Waals surface area contributed by atoms with Crippen LogP contribution < -0.4 is 11.5 Å². The summed E-state index contributed by atoms with van der Waals surface area (Å²) >= 11 is 0. The minimum atomic E-state index is -0.322. The highest BCUT2D eigenvalue weighted by atomic mass is 15.0. The van der Waals surface area contributed by atoms with Crippen molar-refractivity contribution in [3.8, 4) is 0 Å². The molecular formula is C9H18N2. The second kappa shape index (κ2) is 2.20. The maximum absolute atomic E-state index is 6.10. The Bertz CT molecular complexity index is 161. The molecule has 0 aromatic rings. The first-order chi connectivity index (χ1) is 5.12. The van der Waals surface area contributed by atoms with E-state index in [-0.39, 0.29) is 5.66 Å². The molecule has 0 amide bonds. The van der Waals surface area contributed by atoms with Gasteiger partial charge in [-0.1, -0.05) is 6.92 Å². The van der Waals surface area contributed by atoms with E-state index >= 15 is 0 Å². The van der Waals surface area contributed by atoms with E-state index in [9.17, 15) is 0 Å². The third-order valence-corrected chi connectivity index (χ3v) is 3.55. The van der Waals surface area contributed by atoms with Crippen LogP contribution in [0.15, 0.2) is 0 Å². The highest BCUT2D eigenvalue weighted by Gasteiger charge is 2.49. The summed E-state index contributed by atoms with van der Waals surface area (Å²) in [5.74, 6) is 2.01. The maximum Gasteiger partial charge on any atom is 0.0697 e. The van der Waals surface area contributed by atoms with Gasteiger partial charge in [0.1, 0.15) is 0 Å². The minimum Gasteiger partial charge on any atom is -0.313 e. The quantitative estimate of drug-likeness (QED) is 0.584. The van der Waals surface area contributed by atoms with E-state index in [0.29, 0.717) is 11.8 Å². The summed E-state index contributed by atoms with van der Waals surface area (Å²) < 4.78 is 0. The van der Waals surface area contributed by atoms with Crippen molar-refractivity contribution in [3.05, 3.63) is 0 Å². The van der Waals surface area contributed by atoms with Gasteiger partial charge in [0, 0.05) is 0 Å². The summed E-state index contributed by atoms with van der Waals surface area (Å²) in [7, 11) is 0. The van der Waals surface area contributed by atoms with Gasteiger partial charge in [-0.3, -0.25) is 0 Å². The van der Waals surface area contributed by atoms with Gasteiger partial charge in [-0.15, -0.1) is 0 Å². The molecule has 2 saturated carbocycles. The summed E-state index contributed by atoms with van der Waals surface area (Å²) in [6.45, 7) is 2.27. The van der Waals surface area contributed by atoms with Crippen LogP contribution in [0.3, 0.4) is 0 Å². The molecule has 2 fully saturated rings. The molecule has 2 rings (SSSR count). The van der Waals surface area contributed by atoms with Crippen LogP contribution in [0.25, 0.3) is 0 Å². The molecule has 0 spiro atoms. The van der Waals surface area contributed by atoms with Crippen LogP contribution in [-0.4, -0.2) is 5.66 Å². The van der Waals surface area contributed by atoms with Crippen molar-refractivity contribution >= 4 is 0 Å². The van der Waals surface area contributed by atoms with E-state index in [1.54, 1.807) is 0 Å². The molecule has 2 aliphatic rings. The van der Waals surface area contributed by atoms with Crippen molar-refractivity contribution in [3.63, 3.8) is 0 Å². The fourth-order valence-electron chi connectivity index (χ4n) is 2.30. The van der Waals surface area contributed by atoms with Gasteiger partial charge < -0.3 is 11.5 Å². The molecule has 4 N–H and O–H groups in total. The predicted octanol–water partition coefficient (Wildman–Crippen LogP) is 1.06. The van der Waals surface area contributed by atoms with Crippen LogP contribution >= 0.6 is 0 Å². The Balaban J connectivity index is 2.00. The molecular weight excluding hydrogens is 136 g/mol. The summed E-state index contributed by atoms with van der Waals surface area (Å²) in [5, 5.41) is 0. The molecule has 11 heavy (non-hydrogen) atoms. The molecule has 2 heteroatoms. The molecule has 2 aliphatic carbocycles. The Morgan fingerprint density at radius 3 is 2.00 bits per heavy atom. The van der Waals surface area contributed by atoms with Gasteiger partial charge in [0.15, 0.2) is 0 Å². The predicted molar refractivity (Wildman–Crippen MR) is 45.7 cm³/mol. The first kappa shape index (κ1) is 7.56. The van der Waals surface area contributed by atoms with Crippen LogP contribution in [0.2, 0.25) is 0 Å². The zero-order valence-electron chi connectivity index (χ0n) is 7.22. The average molecular weight is 154 g/mol. The lowest BCUT2D eigenvalue weighted by molar-refractivity contribution is 0.0798. The lowest BCUT2D eigenvalue weighted by atomic mass is 9.67. The molecule has 2 unspecified atom stereocenters. The molecule has 0 radical (unpaired) electrons. The second-order valence-corrected chi connectivity index (χ2v) is 4.44. The normalized spacial score (nSPS) is 38.5. The van der Waals surface area contributed by atoms with Crippen molar-refractivity contribution in [2.75, 3.05) is 0 Å². The topological polar surface area (TPSA) is 52.0 Å². The van der Waals surface area contributed by atoms with Crippen molar-refractivity contribution in [2.24, 2.45) is 29.2 Å². The van der Waals surface area contributed by atoms with Gasteiger partial charge in [-0.05, 0) is 43.4 Å². The highest BCUT2D eigenvalue weighted by molar-refractivity contribution is 5.03. The Hall–Kier alpha value is -0.0800. The molecule has 0 aromatic carbocycles. The zero-order valence-corrected chi connectivity index (χ0v) is 7.22. The molecule has 2 atom stereocenters. The second-order valence-electron chi connectivity index (χ2n) is 4.44. The Kier molecular flexibility index (Phi) is 1.52. The summed E-state index contributed by atoms with van der Waals surface area (Å²) in [6.07, 6.45) is 5.10. The van der Waals surface area contributed by atoms with E-state index in [1.165, 1.54) is 25.7 Å². The van der Waals surface area contributed by atoms with Crippen LogP contribution in [0, 0.1) is 17.8 Å². The monoisotopic (exact) mass is 154 g/mol. The third-order valence-electron chi connectivity index (χ3n) is 3.55. The lowest BCUT2D eigenvalue weighted by Gasteiger charge is -2.45. The molecule has 0 bridgehead atoms. The molecule has 64 valence electrons. The maximum atomic E-state index is 6.10. The van der Waals surface area contributed by atoms with Crippen molar-refractivity contribution in [1.29, 1.82) is 0 Å². The summed E-state index contributed by atoms with van der Waals surface area (Å²) in [6, 6.07) is 0. The molecule has 0 aliphatic heterocycles. The molecule has 0 heterocycles. The number of rotatable bonds is 2. The van der Waals surface area contributed by atoms with Gasteiger partial charge in [0.25, 0.3) is 0 Å². The third kappa shape index (κ3) is 1.09. The van der Waals surface area contributed by atoms with Gasteiger partial charge in [-0.2, -0.15) is 0 Å². The largest absolute Gasteiger partial charge is 0.313 e. The first-order valence-electron chi connectivity index (χ1n) is 4.70. The lowest BCUT2D eigenvalue weighted by Crippen LogP contribution is -2.61. The van der Waals surface area contributed by atoms with E-state index < -0.39 is 0 Å². The average Bonchev–Trinajstić information content (AvgIpc) is 2.63. The van der Waals surface area contributed by atoms with Gasteiger partial charge in [0.2, 0.25) is 0 Å². The Labute approximate surface area is 68.3 Å².